The van der Waals surface area contributed by atoms with Crippen LogP contribution in [0.25, 0.3) is 0 Å². The van der Waals surface area contributed by atoms with Gasteiger partial charge >= 0.3 is 6.09 Å². The first kappa shape index (κ1) is 29.5. The molecule has 39 heavy (non-hydrogen) atoms. The second-order valence-corrected chi connectivity index (χ2v) is 13.6. The predicted octanol–water partition coefficient (Wildman–Crippen LogP) is 2.52. The number of hydrogen-bond acceptors (Lipinski definition) is 8. The lowest BCUT2D eigenvalue weighted by molar-refractivity contribution is -0.136. The van der Waals surface area contributed by atoms with Crippen molar-refractivity contribution in [3.8, 4) is 5.75 Å². The van der Waals surface area contributed by atoms with Gasteiger partial charge in [-0.3, -0.25) is 4.79 Å². The van der Waals surface area contributed by atoms with E-state index < -0.39 is 27.8 Å². The molecule has 1 aromatic heterocycles. The highest BCUT2D eigenvalue weighted by atomic mass is 32.2. The smallest absolute Gasteiger partial charge is 0.407 e. The van der Waals surface area contributed by atoms with E-state index >= 15 is 0 Å². The van der Waals surface area contributed by atoms with Crippen LogP contribution in [0.1, 0.15) is 65.7 Å². The SMILES string of the molecule is CC(C)(C)OC(=O)NC1CCN(C(=O)[C@@H]2CNCCN2S(=O)(=O)c2ccc(OCC3CCCCC3)cn2)CC1. The Morgan fingerprint density at radius 1 is 1.08 bits per heavy atom. The standard InChI is InChI=1S/C27H43N5O6S/c1-27(2,3)38-26(34)30-21-11-14-31(15-12-21)25(33)23-18-28-13-16-32(23)39(35,36)24-10-9-22(17-29-24)37-19-20-7-5-4-6-8-20/h9-10,17,20-21,23,28H,4-8,11-16,18-19H2,1-3H3,(H,30,34)/t23-/m0/s1. The number of nitrogens with one attached hydrogen (secondary N) is 2. The van der Waals surface area contributed by atoms with Crippen LogP contribution in [-0.4, -0.2) is 91.6 Å². The Bertz CT molecular complexity index is 1080. The van der Waals surface area contributed by atoms with Crippen LogP contribution in [0.5, 0.6) is 5.75 Å². The van der Waals surface area contributed by atoms with E-state index in [9.17, 15) is 18.0 Å². The van der Waals surface area contributed by atoms with Crippen molar-refractivity contribution >= 4 is 22.0 Å². The lowest BCUT2D eigenvalue weighted by atomic mass is 9.90. The zero-order valence-electron chi connectivity index (χ0n) is 23.4. The average molecular weight is 566 g/mol. The van der Waals surface area contributed by atoms with Crippen molar-refractivity contribution in [2.75, 3.05) is 39.3 Å². The van der Waals surface area contributed by atoms with Crippen LogP contribution < -0.4 is 15.4 Å². The van der Waals surface area contributed by atoms with Crippen LogP contribution in [0.3, 0.4) is 0 Å². The fourth-order valence-corrected chi connectivity index (χ4v) is 6.90. The third kappa shape index (κ3) is 8.04. The molecule has 3 fully saturated rings. The molecular weight excluding hydrogens is 522 g/mol. The Morgan fingerprint density at radius 2 is 1.79 bits per heavy atom. The summed E-state index contributed by atoms with van der Waals surface area (Å²) in [5.41, 5.74) is -0.583. The molecule has 0 radical (unpaired) electrons. The van der Waals surface area contributed by atoms with Gasteiger partial charge in [-0.2, -0.15) is 4.31 Å². The van der Waals surface area contributed by atoms with Gasteiger partial charge in [0.05, 0.1) is 12.8 Å². The van der Waals surface area contributed by atoms with Crippen LogP contribution in [0.15, 0.2) is 23.4 Å². The summed E-state index contributed by atoms with van der Waals surface area (Å²) in [7, 11) is -3.99. The molecule has 3 heterocycles. The molecule has 0 spiro atoms. The zero-order valence-corrected chi connectivity index (χ0v) is 24.2. The summed E-state index contributed by atoms with van der Waals surface area (Å²) in [4.78, 5) is 31.5. The van der Waals surface area contributed by atoms with Gasteiger partial charge in [-0.1, -0.05) is 19.3 Å². The van der Waals surface area contributed by atoms with Gasteiger partial charge in [-0.25, -0.2) is 18.2 Å². The van der Waals surface area contributed by atoms with Crippen molar-refractivity contribution in [1.29, 1.82) is 0 Å². The van der Waals surface area contributed by atoms with Crippen LogP contribution in [0.4, 0.5) is 4.79 Å². The number of amides is 2. The number of pyridine rings is 1. The van der Waals surface area contributed by atoms with Crippen LogP contribution in [-0.2, 0) is 19.6 Å². The van der Waals surface area contributed by atoms with Crippen molar-refractivity contribution in [3.05, 3.63) is 18.3 Å². The second kappa shape index (κ2) is 12.8. The molecule has 2 amide bonds. The fraction of sp³-hybridized carbons (Fsp3) is 0.741. The maximum absolute atomic E-state index is 13.6. The molecule has 2 saturated heterocycles. The maximum atomic E-state index is 13.6. The van der Waals surface area contributed by atoms with Crippen molar-refractivity contribution in [3.63, 3.8) is 0 Å². The van der Waals surface area contributed by atoms with Crippen molar-refractivity contribution in [2.24, 2.45) is 5.92 Å². The van der Waals surface area contributed by atoms with Crippen molar-refractivity contribution < 1.29 is 27.5 Å². The highest BCUT2D eigenvalue weighted by Gasteiger charge is 2.41. The lowest BCUT2D eigenvalue weighted by Crippen LogP contribution is -2.61. The Balaban J connectivity index is 1.34. The summed E-state index contributed by atoms with van der Waals surface area (Å²) in [6.07, 6.45) is 8.19. The van der Waals surface area contributed by atoms with Gasteiger partial charge in [0.25, 0.3) is 10.0 Å². The number of hydrogen-bond donors (Lipinski definition) is 2. The molecule has 1 aliphatic carbocycles. The molecule has 12 heteroatoms. The zero-order chi connectivity index (χ0) is 28.0. The number of aromatic nitrogens is 1. The van der Waals surface area contributed by atoms with Gasteiger partial charge < -0.3 is 25.0 Å². The topological polar surface area (TPSA) is 130 Å². The van der Waals surface area contributed by atoms with Gasteiger partial charge in [-0.15, -0.1) is 0 Å². The van der Waals surface area contributed by atoms with Crippen molar-refractivity contribution in [2.45, 2.75) is 88.4 Å². The number of alkyl carbamates (subject to hydrolysis) is 1. The highest BCUT2D eigenvalue weighted by molar-refractivity contribution is 7.89. The normalized spacial score (nSPS) is 22.3. The number of ether oxygens (including phenoxy) is 2. The minimum Gasteiger partial charge on any atom is -0.492 e. The Morgan fingerprint density at radius 3 is 2.44 bits per heavy atom. The second-order valence-electron chi connectivity index (χ2n) is 11.7. The molecule has 4 rings (SSSR count). The van der Waals surface area contributed by atoms with Gasteiger partial charge in [0.2, 0.25) is 5.91 Å². The lowest BCUT2D eigenvalue weighted by Gasteiger charge is -2.39. The molecule has 1 atom stereocenters. The van der Waals surface area contributed by atoms with E-state index in [-0.39, 0.29) is 30.1 Å². The van der Waals surface area contributed by atoms with Gasteiger partial charge in [0, 0.05) is 38.8 Å². The van der Waals surface area contributed by atoms with E-state index in [1.807, 2.05) is 20.8 Å². The summed E-state index contributed by atoms with van der Waals surface area (Å²) in [5.74, 6) is 0.845. The largest absolute Gasteiger partial charge is 0.492 e. The number of carbonyl (C=O) groups is 2. The van der Waals surface area contributed by atoms with Crippen LogP contribution >= 0.6 is 0 Å². The number of piperidine rings is 1. The monoisotopic (exact) mass is 565 g/mol. The maximum Gasteiger partial charge on any atom is 0.407 e. The number of rotatable bonds is 7. The molecule has 2 N–H and O–H groups in total. The predicted molar refractivity (Wildman–Crippen MR) is 146 cm³/mol. The summed E-state index contributed by atoms with van der Waals surface area (Å²) in [5, 5.41) is 5.93. The highest BCUT2D eigenvalue weighted by Crippen LogP contribution is 2.26. The number of piperazine rings is 1. The third-order valence-electron chi connectivity index (χ3n) is 7.50. The number of likely N-dealkylation sites (tertiary alicyclic amines) is 1. The number of sulfonamides is 1. The van der Waals surface area contributed by atoms with Gasteiger partial charge in [0.15, 0.2) is 5.03 Å². The van der Waals surface area contributed by atoms with Gasteiger partial charge in [-0.05, 0) is 64.5 Å². The molecule has 1 saturated carbocycles. The van der Waals surface area contributed by atoms with Crippen molar-refractivity contribution in [1.82, 2.24) is 24.8 Å². The Kier molecular flexibility index (Phi) is 9.71. The summed E-state index contributed by atoms with van der Waals surface area (Å²) in [6.45, 7) is 7.75. The third-order valence-corrected chi connectivity index (χ3v) is 9.32. The fourth-order valence-electron chi connectivity index (χ4n) is 5.41. The number of nitrogens with zero attached hydrogens (tertiary/aromatic N) is 3. The Labute approximate surface area is 232 Å². The average Bonchev–Trinajstić information content (AvgIpc) is 2.92. The molecule has 0 unspecified atom stereocenters. The molecule has 3 aliphatic rings. The molecule has 218 valence electrons. The van der Waals surface area contributed by atoms with Crippen LogP contribution in [0.2, 0.25) is 0 Å². The minimum absolute atomic E-state index is 0.0903. The molecule has 2 aliphatic heterocycles. The van der Waals surface area contributed by atoms with Gasteiger partial charge in [0.1, 0.15) is 17.4 Å². The molecule has 1 aromatic rings. The first-order valence-corrected chi connectivity index (χ1v) is 15.6. The minimum atomic E-state index is -3.99. The summed E-state index contributed by atoms with van der Waals surface area (Å²) >= 11 is 0. The molecule has 11 nitrogen and oxygen atoms in total. The first-order chi connectivity index (χ1) is 18.5. The van der Waals surface area contributed by atoms with E-state index in [1.165, 1.54) is 35.8 Å². The molecular formula is C27H43N5O6S. The van der Waals surface area contributed by atoms with E-state index in [0.29, 0.717) is 50.8 Å². The van der Waals surface area contributed by atoms with E-state index in [1.54, 1.807) is 11.0 Å². The molecule has 0 aromatic carbocycles. The van der Waals surface area contributed by atoms with E-state index in [0.717, 1.165) is 12.8 Å². The van der Waals surface area contributed by atoms with E-state index in [2.05, 4.69) is 15.6 Å². The van der Waals surface area contributed by atoms with E-state index in [4.69, 9.17) is 9.47 Å². The first-order valence-electron chi connectivity index (χ1n) is 14.1. The summed E-state index contributed by atoms with van der Waals surface area (Å²) < 4.78 is 39.6. The molecule has 0 bridgehead atoms. The van der Waals surface area contributed by atoms with Crippen LogP contribution in [0, 0.1) is 5.92 Å². The Hall–Kier alpha value is -2.44. The number of carbonyl (C=O) groups excluding carboxylic acids is 2. The quantitative estimate of drug-likeness (QED) is 0.516. The summed E-state index contributed by atoms with van der Waals surface area (Å²) in [6, 6.07) is 2.15.